The molecule has 0 heterocycles. The molecule has 0 bridgehead atoms. The molecule has 0 aromatic rings. The van der Waals surface area contributed by atoms with E-state index in [1.165, 1.54) is 0 Å². The standard InChI is InChI=1S/C6H9F3O3/c7-6(8,9)4(1-2-10)3-5(11)12/h4,10H,1-3H2,(H,11,12). The van der Waals surface area contributed by atoms with Crippen molar-refractivity contribution in [2.24, 2.45) is 5.92 Å². The minimum Gasteiger partial charge on any atom is -0.481 e. The molecule has 0 aliphatic carbocycles. The highest BCUT2D eigenvalue weighted by Gasteiger charge is 2.40. The highest BCUT2D eigenvalue weighted by molar-refractivity contribution is 5.67. The minimum absolute atomic E-state index is 0.560. The van der Waals surface area contributed by atoms with Crippen LogP contribution in [-0.4, -0.2) is 29.0 Å². The van der Waals surface area contributed by atoms with Gasteiger partial charge in [0.15, 0.2) is 0 Å². The predicted molar refractivity (Wildman–Crippen MR) is 33.5 cm³/mol. The van der Waals surface area contributed by atoms with E-state index in [9.17, 15) is 18.0 Å². The van der Waals surface area contributed by atoms with Gasteiger partial charge in [0.25, 0.3) is 0 Å². The number of aliphatic hydroxyl groups is 1. The van der Waals surface area contributed by atoms with Crippen molar-refractivity contribution in [1.29, 1.82) is 0 Å². The Kier molecular flexibility index (Phi) is 4.02. The molecule has 0 aromatic carbocycles. The van der Waals surface area contributed by atoms with Gasteiger partial charge in [0.2, 0.25) is 0 Å². The van der Waals surface area contributed by atoms with Gasteiger partial charge in [-0.25, -0.2) is 0 Å². The molecule has 0 aliphatic heterocycles. The summed E-state index contributed by atoms with van der Waals surface area (Å²) in [5, 5.41) is 16.3. The van der Waals surface area contributed by atoms with Crippen molar-refractivity contribution in [2.75, 3.05) is 6.61 Å². The predicted octanol–water partition coefficient (Wildman–Crippen LogP) is 1.02. The molecule has 0 fully saturated rings. The maximum atomic E-state index is 11.9. The van der Waals surface area contributed by atoms with Crippen molar-refractivity contribution in [3.8, 4) is 0 Å². The molecule has 3 nitrogen and oxygen atoms in total. The zero-order valence-electron chi connectivity index (χ0n) is 6.14. The molecule has 12 heavy (non-hydrogen) atoms. The van der Waals surface area contributed by atoms with Crippen molar-refractivity contribution in [2.45, 2.75) is 19.0 Å². The van der Waals surface area contributed by atoms with Crippen LogP contribution in [0.5, 0.6) is 0 Å². The Bertz CT molecular complexity index is 155. The number of hydrogen-bond acceptors (Lipinski definition) is 2. The van der Waals surface area contributed by atoms with Crippen LogP contribution < -0.4 is 0 Å². The van der Waals surface area contributed by atoms with E-state index in [1.54, 1.807) is 0 Å². The maximum Gasteiger partial charge on any atom is 0.392 e. The van der Waals surface area contributed by atoms with Crippen LogP contribution >= 0.6 is 0 Å². The van der Waals surface area contributed by atoms with Crippen LogP contribution in [0, 0.1) is 5.92 Å². The van der Waals surface area contributed by atoms with Crippen LogP contribution in [0.4, 0.5) is 13.2 Å². The van der Waals surface area contributed by atoms with Gasteiger partial charge in [-0.3, -0.25) is 4.79 Å². The topological polar surface area (TPSA) is 57.5 Å². The molecule has 6 heteroatoms. The molecule has 0 saturated carbocycles. The Hall–Kier alpha value is -0.780. The maximum absolute atomic E-state index is 11.9. The number of aliphatic carboxylic acids is 1. The van der Waals surface area contributed by atoms with Gasteiger partial charge in [-0.2, -0.15) is 13.2 Å². The largest absolute Gasteiger partial charge is 0.481 e. The number of alkyl halides is 3. The van der Waals surface area contributed by atoms with Crippen LogP contribution in [-0.2, 0) is 4.79 Å². The molecule has 0 amide bonds. The third kappa shape index (κ3) is 4.17. The molecular weight excluding hydrogens is 177 g/mol. The quantitative estimate of drug-likeness (QED) is 0.689. The summed E-state index contributed by atoms with van der Waals surface area (Å²) in [5.41, 5.74) is 0. The molecule has 72 valence electrons. The van der Waals surface area contributed by atoms with Gasteiger partial charge in [-0.05, 0) is 6.42 Å². The zero-order valence-corrected chi connectivity index (χ0v) is 6.14. The third-order valence-electron chi connectivity index (χ3n) is 1.36. The first-order chi connectivity index (χ1) is 5.38. The summed E-state index contributed by atoms with van der Waals surface area (Å²) in [6.45, 7) is -0.655. The smallest absolute Gasteiger partial charge is 0.392 e. The average Bonchev–Trinajstić information content (AvgIpc) is 1.83. The highest BCUT2D eigenvalue weighted by atomic mass is 19.4. The van der Waals surface area contributed by atoms with Crippen molar-refractivity contribution in [3.05, 3.63) is 0 Å². The third-order valence-corrected chi connectivity index (χ3v) is 1.36. The number of rotatable bonds is 4. The summed E-state index contributed by atoms with van der Waals surface area (Å²) in [6, 6.07) is 0. The summed E-state index contributed by atoms with van der Waals surface area (Å²) in [6.07, 6.45) is -6.08. The Morgan fingerprint density at radius 3 is 2.17 bits per heavy atom. The second-order valence-corrected chi connectivity index (χ2v) is 2.35. The fourth-order valence-corrected chi connectivity index (χ4v) is 0.748. The summed E-state index contributed by atoms with van der Waals surface area (Å²) in [5.74, 6) is -3.45. The van der Waals surface area contributed by atoms with E-state index in [0.717, 1.165) is 0 Å². The fraction of sp³-hybridized carbons (Fsp3) is 0.833. The SMILES string of the molecule is O=C(O)CC(CCO)C(F)(F)F. The van der Waals surface area contributed by atoms with Gasteiger partial charge in [-0.1, -0.05) is 0 Å². The number of carbonyl (C=O) groups is 1. The molecular formula is C6H9F3O3. The van der Waals surface area contributed by atoms with E-state index >= 15 is 0 Å². The van der Waals surface area contributed by atoms with E-state index < -0.39 is 37.5 Å². The molecule has 0 radical (unpaired) electrons. The van der Waals surface area contributed by atoms with Gasteiger partial charge in [0, 0.05) is 6.61 Å². The zero-order chi connectivity index (χ0) is 9.78. The summed E-state index contributed by atoms with van der Waals surface area (Å²) >= 11 is 0. The molecule has 0 aliphatic rings. The molecule has 1 atom stereocenters. The second-order valence-electron chi connectivity index (χ2n) is 2.35. The van der Waals surface area contributed by atoms with E-state index in [-0.39, 0.29) is 0 Å². The lowest BCUT2D eigenvalue weighted by molar-refractivity contribution is -0.185. The Morgan fingerprint density at radius 1 is 1.42 bits per heavy atom. The van der Waals surface area contributed by atoms with Crippen LogP contribution in [0.3, 0.4) is 0 Å². The van der Waals surface area contributed by atoms with E-state index in [1.807, 2.05) is 0 Å². The van der Waals surface area contributed by atoms with Crippen LogP contribution in [0.25, 0.3) is 0 Å². The lowest BCUT2D eigenvalue weighted by atomic mass is 10.0. The normalized spacial score (nSPS) is 14.3. The fourth-order valence-electron chi connectivity index (χ4n) is 0.748. The van der Waals surface area contributed by atoms with Gasteiger partial charge >= 0.3 is 12.1 Å². The number of aliphatic hydroxyl groups excluding tert-OH is 1. The van der Waals surface area contributed by atoms with E-state index in [0.29, 0.717) is 0 Å². The summed E-state index contributed by atoms with van der Waals surface area (Å²) < 4.78 is 35.7. The highest BCUT2D eigenvalue weighted by Crippen LogP contribution is 2.31. The second kappa shape index (κ2) is 4.30. The van der Waals surface area contributed by atoms with Crippen molar-refractivity contribution < 1.29 is 28.2 Å². The van der Waals surface area contributed by atoms with Gasteiger partial charge in [-0.15, -0.1) is 0 Å². The van der Waals surface area contributed by atoms with Crippen LogP contribution in [0.15, 0.2) is 0 Å². The van der Waals surface area contributed by atoms with Crippen molar-refractivity contribution in [3.63, 3.8) is 0 Å². The number of carboxylic acids is 1. The first-order valence-corrected chi connectivity index (χ1v) is 3.27. The first kappa shape index (κ1) is 11.2. The molecule has 2 N–H and O–H groups in total. The van der Waals surface area contributed by atoms with E-state index in [2.05, 4.69) is 0 Å². The van der Waals surface area contributed by atoms with Crippen molar-refractivity contribution >= 4 is 5.97 Å². The molecule has 0 spiro atoms. The van der Waals surface area contributed by atoms with Gasteiger partial charge in [0.05, 0.1) is 12.3 Å². The summed E-state index contributed by atoms with van der Waals surface area (Å²) in [4.78, 5) is 9.95. The molecule has 1 unspecified atom stereocenters. The van der Waals surface area contributed by atoms with Gasteiger partial charge in [0.1, 0.15) is 0 Å². The number of halogens is 3. The van der Waals surface area contributed by atoms with Crippen LogP contribution in [0.1, 0.15) is 12.8 Å². The minimum atomic E-state index is -4.54. The monoisotopic (exact) mass is 186 g/mol. The molecule has 0 saturated heterocycles. The van der Waals surface area contributed by atoms with Crippen LogP contribution in [0.2, 0.25) is 0 Å². The first-order valence-electron chi connectivity index (χ1n) is 3.27. The number of carboxylic acid groups (broad SMARTS) is 1. The summed E-state index contributed by atoms with van der Waals surface area (Å²) in [7, 11) is 0. The average molecular weight is 186 g/mol. The Labute approximate surface area is 66.8 Å². The Balaban J connectivity index is 4.13. The molecule has 0 rings (SSSR count). The van der Waals surface area contributed by atoms with E-state index in [4.69, 9.17) is 10.2 Å². The Morgan fingerprint density at radius 2 is 1.92 bits per heavy atom. The van der Waals surface area contributed by atoms with Crippen molar-refractivity contribution in [1.82, 2.24) is 0 Å². The number of hydrogen-bond donors (Lipinski definition) is 2. The lowest BCUT2D eigenvalue weighted by Crippen LogP contribution is -2.26. The van der Waals surface area contributed by atoms with Gasteiger partial charge < -0.3 is 10.2 Å². The lowest BCUT2D eigenvalue weighted by Gasteiger charge is -2.16. The molecule has 0 aromatic heterocycles.